The van der Waals surface area contributed by atoms with E-state index in [-0.39, 0.29) is 0 Å². The summed E-state index contributed by atoms with van der Waals surface area (Å²) in [4.78, 5) is 25.4. The number of hydrogen-bond acceptors (Lipinski definition) is 5. The molecule has 1 aromatic heterocycles. The van der Waals surface area contributed by atoms with E-state index in [9.17, 15) is 4.79 Å². The van der Waals surface area contributed by atoms with E-state index in [1.807, 2.05) is 37.3 Å². The fourth-order valence-corrected chi connectivity index (χ4v) is 4.14. The van der Waals surface area contributed by atoms with Gasteiger partial charge in [0.15, 0.2) is 0 Å². The van der Waals surface area contributed by atoms with Gasteiger partial charge in [-0.2, -0.15) is 0 Å². The lowest BCUT2D eigenvalue weighted by atomic mass is 9.95. The number of carbonyl (C=O) groups excluding carboxylic acids is 1. The lowest BCUT2D eigenvalue weighted by molar-refractivity contribution is 0.100. The summed E-state index contributed by atoms with van der Waals surface area (Å²) in [6.45, 7) is 3.11. The summed E-state index contributed by atoms with van der Waals surface area (Å²) in [5.41, 5.74) is 10.4. The third-order valence-electron chi connectivity index (χ3n) is 5.90. The van der Waals surface area contributed by atoms with Crippen molar-refractivity contribution >= 4 is 11.9 Å². The van der Waals surface area contributed by atoms with Gasteiger partial charge < -0.3 is 15.5 Å². The largest absolute Gasteiger partial charge is 0.366 e. The fraction of sp³-hybridized carbons (Fsp3) is 0.320. The van der Waals surface area contributed by atoms with Crippen molar-refractivity contribution in [1.29, 1.82) is 0 Å². The molecule has 2 N–H and O–H groups in total. The highest BCUT2D eigenvalue weighted by molar-refractivity contribution is 5.93. The van der Waals surface area contributed by atoms with Gasteiger partial charge in [0.25, 0.3) is 0 Å². The van der Waals surface area contributed by atoms with Gasteiger partial charge in [0.05, 0.1) is 5.69 Å². The molecule has 1 atom stereocenters. The first kappa shape index (κ1) is 21.0. The number of anilines is 1. The van der Waals surface area contributed by atoms with Gasteiger partial charge in [-0.1, -0.05) is 42.5 Å². The number of nitrogens with two attached hydrogens (primary N) is 1. The second-order valence-corrected chi connectivity index (χ2v) is 8.33. The van der Waals surface area contributed by atoms with Crippen LogP contribution in [0.25, 0.3) is 11.1 Å². The highest BCUT2D eigenvalue weighted by Gasteiger charge is 2.28. The molecule has 2 heterocycles. The molecule has 3 aromatic rings. The van der Waals surface area contributed by atoms with Crippen LogP contribution in [0.5, 0.6) is 0 Å². The molecule has 31 heavy (non-hydrogen) atoms. The summed E-state index contributed by atoms with van der Waals surface area (Å²) < 4.78 is 0. The van der Waals surface area contributed by atoms with E-state index in [0.29, 0.717) is 11.5 Å². The fourth-order valence-electron chi connectivity index (χ4n) is 4.14. The van der Waals surface area contributed by atoms with Crippen molar-refractivity contribution in [3.8, 4) is 11.1 Å². The second-order valence-electron chi connectivity index (χ2n) is 8.33. The van der Waals surface area contributed by atoms with Gasteiger partial charge in [-0.05, 0) is 42.6 Å². The molecule has 1 aliphatic heterocycles. The van der Waals surface area contributed by atoms with Crippen molar-refractivity contribution in [2.45, 2.75) is 18.8 Å². The summed E-state index contributed by atoms with van der Waals surface area (Å²) in [6, 6.07) is 18.0. The minimum absolute atomic E-state index is 0.350. The van der Waals surface area contributed by atoms with Gasteiger partial charge in [0.1, 0.15) is 0 Å². The summed E-state index contributed by atoms with van der Waals surface area (Å²) in [5.74, 6) is 0.648. The highest BCUT2D eigenvalue weighted by atomic mass is 16.1. The zero-order valence-corrected chi connectivity index (χ0v) is 18.2. The predicted octanol–water partition coefficient (Wildman–Crippen LogP) is 3.34. The molecule has 1 aliphatic rings. The number of benzene rings is 2. The zero-order chi connectivity index (χ0) is 21.8. The van der Waals surface area contributed by atoms with Crippen LogP contribution in [0, 0.1) is 0 Å². The Labute approximate surface area is 183 Å². The Morgan fingerprint density at radius 2 is 1.87 bits per heavy atom. The Morgan fingerprint density at radius 1 is 1.13 bits per heavy atom. The smallest absolute Gasteiger partial charge is 0.248 e. The van der Waals surface area contributed by atoms with Gasteiger partial charge in [0.2, 0.25) is 11.9 Å². The van der Waals surface area contributed by atoms with Crippen molar-refractivity contribution in [2.24, 2.45) is 5.73 Å². The molecule has 0 spiro atoms. The lowest BCUT2D eigenvalue weighted by Gasteiger charge is -2.19. The first-order valence-electron chi connectivity index (χ1n) is 10.7. The van der Waals surface area contributed by atoms with E-state index in [1.165, 1.54) is 5.56 Å². The average Bonchev–Trinajstić information content (AvgIpc) is 3.27. The second kappa shape index (κ2) is 9.27. The van der Waals surface area contributed by atoms with E-state index < -0.39 is 5.91 Å². The van der Waals surface area contributed by atoms with Gasteiger partial charge in [-0.15, -0.1) is 0 Å². The number of aromatic nitrogens is 2. The van der Waals surface area contributed by atoms with Gasteiger partial charge in [-0.25, -0.2) is 9.97 Å². The normalized spacial score (nSPS) is 16.4. The van der Waals surface area contributed by atoms with Crippen LogP contribution in [0.1, 0.15) is 34.0 Å². The molecule has 6 heteroatoms. The highest BCUT2D eigenvalue weighted by Crippen LogP contribution is 2.34. The van der Waals surface area contributed by atoms with Crippen LogP contribution in [0.3, 0.4) is 0 Å². The summed E-state index contributed by atoms with van der Waals surface area (Å²) >= 11 is 0. The average molecular weight is 416 g/mol. The van der Waals surface area contributed by atoms with Crippen molar-refractivity contribution in [3.05, 3.63) is 77.6 Å². The zero-order valence-electron chi connectivity index (χ0n) is 18.2. The predicted molar refractivity (Wildman–Crippen MR) is 124 cm³/mol. The molecule has 4 rings (SSSR count). The molecular formula is C25H29N5O. The number of amides is 1. The van der Waals surface area contributed by atoms with Crippen LogP contribution >= 0.6 is 0 Å². The monoisotopic (exact) mass is 415 g/mol. The van der Waals surface area contributed by atoms with Gasteiger partial charge >= 0.3 is 0 Å². The lowest BCUT2D eigenvalue weighted by Crippen LogP contribution is -2.23. The first-order chi connectivity index (χ1) is 15.0. The van der Waals surface area contributed by atoms with E-state index in [4.69, 9.17) is 10.7 Å². The Kier molecular flexibility index (Phi) is 6.28. The number of likely N-dealkylation sites (tertiary alicyclic amines) is 1. The Balaban J connectivity index is 1.56. The topological polar surface area (TPSA) is 75.4 Å². The number of primary amides is 1. The molecule has 1 fully saturated rings. The Morgan fingerprint density at radius 3 is 2.55 bits per heavy atom. The van der Waals surface area contributed by atoms with Crippen molar-refractivity contribution in [3.63, 3.8) is 0 Å². The van der Waals surface area contributed by atoms with E-state index in [1.54, 1.807) is 12.1 Å². The molecular weight excluding hydrogens is 386 g/mol. The van der Waals surface area contributed by atoms with Crippen LogP contribution in [0.4, 0.5) is 5.95 Å². The molecule has 0 radical (unpaired) electrons. The number of rotatable bonds is 7. The molecule has 0 aliphatic carbocycles. The molecule has 6 nitrogen and oxygen atoms in total. The number of hydrogen-bond donors (Lipinski definition) is 1. The molecule has 1 amide bonds. The first-order valence-corrected chi connectivity index (χ1v) is 10.7. The quantitative estimate of drug-likeness (QED) is 0.641. The molecule has 0 saturated carbocycles. The number of carbonyl (C=O) groups is 1. The number of nitrogens with zero attached hydrogens (tertiary/aromatic N) is 4. The molecule has 1 unspecified atom stereocenters. The molecule has 1 saturated heterocycles. The maximum absolute atomic E-state index is 11.4. The molecule has 0 bridgehead atoms. The SMILES string of the molecule is CN(C)c1ncc(-c2ccc(C(N)=O)cc2)c(C2CCN(CCc3ccccc3)C2)n1. The van der Waals surface area contributed by atoms with Crippen molar-refractivity contribution < 1.29 is 4.79 Å². The third-order valence-corrected chi connectivity index (χ3v) is 5.90. The standard InChI is InChI=1S/C25H29N5O/c1-29(2)25-27-16-22(19-8-10-20(11-9-19)24(26)31)23(28-25)21-13-15-30(17-21)14-12-18-6-4-3-5-7-18/h3-11,16,21H,12-15,17H2,1-2H3,(H2,26,31). The maximum Gasteiger partial charge on any atom is 0.248 e. The van der Waals surface area contributed by atoms with Gasteiger partial charge in [-0.3, -0.25) is 4.79 Å². The summed E-state index contributed by atoms with van der Waals surface area (Å²) in [6.07, 6.45) is 4.04. The minimum atomic E-state index is -0.421. The van der Waals surface area contributed by atoms with Crippen LogP contribution in [-0.4, -0.2) is 54.5 Å². The van der Waals surface area contributed by atoms with Crippen molar-refractivity contribution in [2.75, 3.05) is 38.6 Å². The van der Waals surface area contributed by atoms with Crippen molar-refractivity contribution in [1.82, 2.24) is 14.9 Å². The Hall–Kier alpha value is -3.25. The van der Waals surface area contributed by atoms with Crippen LogP contribution in [-0.2, 0) is 6.42 Å². The molecule has 2 aromatic carbocycles. The Bertz CT molecular complexity index is 1030. The minimum Gasteiger partial charge on any atom is -0.366 e. The third kappa shape index (κ3) is 4.91. The van der Waals surface area contributed by atoms with Crippen LogP contribution in [0.2, 0.25) is 0 Å². The summed E-state index contributed by atoms with van der Waals surface area (Å²) in [7, 11) is 3.92. The molecule has 160 valence electrons. The van der Waals surface area contributed by atoms with E-state index in [2.05, 4.69) is 40.2 Å². The van der Waals surface area contributed by atoms with E-state index >= 15 is 0 Å². The maximum atomic E-state index is 11.4. The van der Waals surface area contributed by atoms with Gasteiger partial charge in [0, 0.05) is 50.4 Å². The van der Waals surface area contributed by atoms with Crippen LogP contribution in [0.15, 0.2) is 60.8 Å². The van der Waals surface area contributed by atoms with Crippen LogP contribution < -0.4 is 10.6 Å². The summed E-state index contributed by atoms with van der Waals surface area (Å²) in [5, 5.41) is 0. The van der Waals surface area contributed by atoms with E-state index in [0.717, 1.165) is 55.2 Å².